The lowest BCUT2D eigenvalue weighted by Gasteiger charge is -2.15. The molecule has 0 aliphatic carbocycles. The summed E-state index contributed by atoms with van der Waals surface area (Å²) in [5, 5.41) is 38.4. The number of tetrazole rings is 1. The van der Waals surface area contributed by atoms with Crippen molar-refractivity contribution >= 4 is 11.8 Å². The summed E-state index contributed by atoms with van der Waals surface area (Å²) in [4.78, 5) is 18.3. The maximum absolute atomic E-state index is 15.2. The van der Waals surface area contributed by atoms with Gasteiger partial charge in [-0.1, -0.05) is 11.3 Å². The van der Waals surface area contributed by atoms with Crippen LogP contribution >= 0.6 is 0 Å². The Bertz CT molecular complexity index is 1710. The largest absolute Gasteiger partial charge is 0.442 e. The van der Waals surface area contributed by atoms with E-state index in [0.29, 0.717) is 28.2 Å². The van der Waals surface area contributed by atoms with Crippen LogP contribution in [0, 0.1) is 11.6 Å². The van der Waals surface area contributed by atoms with Crippen molar-refractivity contribution in [1.82, 2.24) is 40.2 Å². The summed E-state index contributed by atoms with van der Waals surface area (Å²) < 4.78 is 36.7. The van der Waals surface area contributed by atoms with Crippen molar-refractivity contribution in [2.75, 3.05) is 24.7 Å². The number of pyridine rings is 1. The third-order valence-electron chi connectivity index (χ3n) is 6.77. The molecule has 0 radical (unpaired) electrons. The van der Waals surface area contributed by atoms with E-state index in [1.54, 1.807) is 42.6 Å². The molecule has 0 unspecified atom stereocenters. The van der Waals surface area contributed by atoms with Crippen LogP contribution in [0.4, 0.5) is 19.3 Å². The zero-order valence-corrected chi connectivity index (χ0v) is 21.8. The van der Waals surface area contributed by atoms with E-state index in [1.807, 2.05) is 0 Å². The van der Waals surface area contributed by atoms with Crippen molar-refractivity contribution in [3.63, 3.8) is 0 Å². The molecule has 2 aromatic carbocycles. The second-order valence-corrected chi connectivity index (χ2v) is 9.51. The molecule has 1 fully saturated rings. The number of aliphatic hydroxyl groups excluding tert-OH is 2. The summed E-state index contributed by atoms with van der Waals surface area (Å²) in [6, 6.07) is 12.8. The third-order valence-corrected chi connectivity index (χ3v) is 6.77. The lowest BCUT2D eigenvalue weighted by Crippen LogP contribution is -2.26. The Hall–Kier alpha value is -5.15. The Balaban J connectivity index is 1.14. The van der Waals surface area contributed by atoms with E-state index in [1.165, 1.54) is 38.7 Å². The van der Waals surface area contributed by atoms with E-state index < -0.39 is 24.1 Å². The third kappa shape index (κ3) is 5.29. The molecule has 1 aliphatic rings. The zero-order valence-electron chi connectivity index (χ0n) is 21.8. The maximum Gasteiger partial charge on any atom is 0.414 e. The Morgan fingerprint density at radius 3 is 2.45 bits per heavy atom. The van der Waals surface area contributed by atoms with Gasteiger partial charge in [-0.25, -0.2) is 22.9 Å². The van der Waals surface area contributed by atoms with Crippen LogP contribution in [0.5, 0.6) is 0 Å². The van der Waals surface area contributed by atoms with Crippen molar-refractivity contribution in [3.8, 4) is 33.9 Å². The normalized spacial score (nSPS) is 15.0. The molecule has 2 N–H and O–H groups in total. The van der Waals surface area contributed by atoms with Crippen molar-refractivity contribution in [3.05, 3.63) is 78.6 Å². The van der Waals surface area contributed by atoms with Crippen molar-refractivity contribution in [2.24, 2.45) is 0 Å². The van der Waals surface area contributed by atoms with Gasteiger partial charge in [0.25, 0.3) is 0 Å². The number of amides is 1. The van der Waals surface area contributed by atoms with Crippen molar-refractivity contribution < 1.29 is 28.5 Å². The first kappa shape index (κ1) is 27.0. The van der Waals surface area contributed by atoms with Crippen molar-refractivity contribution in [1.29, 1.82) is 0 Å². The van der Waals surface area contributed by atoms with Crippen LogP contribution in [0.15, 0.2) is 67.0 Å². The van der Waals surface area contributed by atoms with E-state index in [0.717, 1.165) is 0 Å². The number of halogens is 2. The average Bonchev–Trinajstić information content (AvgIpc) is 3.75. The van der Waals surface area contributed by atoms with E-state index in [4.69, 9.17) is 4.74 Å². The standard InChI is InChI=1S/C27H23F2N9O4/c28-18-4-1-16(2-5-18)25-13-36(34-31-25)11-21-12-37(27(41)42-21)19-6-7-22(23(29)9-19)17-3-8-24(30-10-17)26-32-33-35-38(26)20(14-39)15-40/h1-10,13,20-21,39-40H,11-12,14-15H2/t21-/m0/s1. The fraction of sp³-hybridized carbons (Fsp3) is 0.222. The Kier molecular flexibility index (Phi) is 7.33. The number of hydrogen-bond donors (Lipinski definition) is 2. The van der Waals surface area contributed by atoms with Gasteiger partial charge < -0.3 is 14.9 Å². The summed E-state index contributed by atoms with van der Waals surface area (Å²) >= 11 is 0. The smallest absolute Gasteiger partial charge is 0.414 e. The van der Waals surface area contributed by atoms with Gasteiger partial charge in [0.1, 0.15) is 35.2 Å². The fourth-order valence-electron chi connectivity index (χ4n) is 4.59. The highest BCUT2D eigenvalue weighted by atomic mass is 19.1. The monoisotopic (exact) mass is 575 g/mol. The van der Waals surface area contributed by atoms with Crippen LogP contribution in [0.2, 0.25) is 0 Å². The van der Waals surface area contributed by atoms with Gasteiger partial charge in [-0.05, 0) is 59.0 Å². The molecule has 6 rings (SSSR count). The lowest BCUT2D eigenvalue weighted by molar-refractivity contribution is 0.129. The predicted molar refractivity (Wildman–Crippen MR) is 143 cm³/mol. The Labute approximate surface area is 236 Å². The van der Waals surface area contributed by atoms with E-state index in [-0.39, 0.29) is 43.5 Å². The number of benzene rings is 2. The predicted octanol–water partition coefficient (Wildman–Crippen LogP) is 2.49. The highest BCUT2D eigenvalue weighted by Crippen LogP contribution is 2.30. The molecule has 5 aromatic rings. The molecule has 214 valence electrons. The molecular weight excluding hydrogens is 552 g/mol. The molecule has 1 amide bonds. The highest BCUT2D eigenvalue weighted by Gasteiger charge is 2.33. The number of cyclic esters (lactones) is 1. The highest BCUT2D eigenvalue weighted by molar-refractivity contribution is 5.90. The minimum Gasteiger partial charge on any atom is -0.442 e. The number of carbonyl (C=O) groups is 1. The van der Waals surface area contributed by atoms with Crippen LogP contribution in [-0.2, 0) is 11.3 Å². The molecular formula is C27H23F2N9O4. The molecule has 13 nitrogen and oxygen atoms in total. The van der Waals surface area contributed by atoms with Gasteiger partial charge in [-0.2, -0.15) is 0 Å². The molecule has 15 heteroatoms. The van der Waals surface area contributed by atoms with Crippen LogP contribution in [0.3, 0.4) is 0 Å². The first-order valence-electron chi connectivity index (χ1n) is 12.8. The summed E-state index contributed by atoms with van der Waals surface area (Å²) in [5.41, 5.74) is 2.70. The number of hydrogen-bond acceptors (Lipinski definition) is 10. The first-order chi connectivity index (χ1) is 20.4. The van der Waals surface area contributed by atoms with Crippen LogP contribution < -0.4 is 4.90 Å². The van der Waals surface area contributed by atoms with Crippen molar-refractivity contribution in [2.45, 2.75) is 18.7 Å². The fourth-order valence-corrected chi connectivity index (χ4v) is 4.59. The average molecular weight is 576 g/mol. The molecule has 3 aromatic heterocycles. The summed E-state index contributed by atoms with van der Waals surface area (Å²) in [5.74, 6) is -0.677. The lowest BCUT2D eigenvalue weighted by atomic mass is 10.1. The molecule has 42 heavy (non-hydrogen) atoms. The number of aliphatic hydroxyl groups is 2. The van der Waals surface area contributed by atoms with E-state index >= 15 is 4.39 Å². The van der Waals surface area contributed by atoms with Gasteiger partial charge in [0, 0.05) is 22.9 Å². The quantitative estimate of drug-likeness (QED) is 0.268. The Morgan fingerprint density at radius 2 is 1.74 bits per heavy atom. The van der Waals surface area contributed by atoms with Gasteiger partial charge >= 0.3 is 6.09 Å². The first-order valence-corrected chi connectivity index (χ1v) is 12.8. The molecule has 1 atom stereocenters. The number of rotatable bonds is 9. The van der Waals surface area contributed by atoms with Crippen LogP contribution in [0.1, 0.15) is 6.04 Å². The second-order valence-electron chi connectivity index (χ2n) is 9.51. The summed E-state index contributed by atoms with van der Waals surface area (Å²) in [7, 11) is 0. The molecule has 1 aliphatic heterocycles. The topological polar surface area (TPSA) is 157 Å². The number of carbonyl (C=O) groups excluding carboxylic acids is 1. The molecule has 4 heterocycles. The minimum atomic E-state index is -0.728. The Morgan fingerprint density at radius 1 is 0.952 bits per heavy atom. The SMILES string of the molecule is O=C1O[C@@H](Cn2cc(-c3ccc(F)cc3)nn2)CN1c1ccc(-c2ccc(-c3nnnn3C(CO)CO)nc2)c(F)c1. The number of anilines is 1. The molecule has 0 bridgehead atoms. The molecule has 0 spiro atoms. The second kappa shape index (κ2) is 11.4. The van der Waals surface area contributed by atoms with Crippen LogP contribution in [-0.4, -0.2) is 82.4 Å². The summed E-state index contributed by atoms with van der Waals surface area (Å²) in [6.07, 6.45) is 1.97. The van der Waals surface area contributed by atoms with Gasteiger partial charge in [-0.15, -0.1) is 10.2 Å². The molecule has 0 saturated carbocycles. The zero-order chi connectivity index (χ0) is 29.2. The van der Waals surface area contributed by atoms with E-state index in [2.05, 4.69) is 30.8 Å². The van der Waals surface area contributed by atoms with Crippen LogP contribution in [0.25, 0.3) is 33.9 Å². The maximum atomic E-state index is 15.2. The van der Waals surface area contributed by atoms with E-state index in [9.17, 15) is 19.4 Å². The number of ether oxygens (including phenoxy) is 1. The van der Waals surface area contributed by atoms with Gasteiger partial charge in [0.2, 0.25) is 5.82 Å². The van der Waals surface area contributed by atoms with Gasteiger partial charge in [0.15, 0.2) is 0 Å². The summed E-state index contributed by atoms with van der Waals surface area (Å²) in [6.45, 7) is -0.324. The number of nitrogens with zero attached hydrogens (tertiary/aromatic N) is 9. The molecule has 1 saturated heterocycles. The van der Waals surface area contributed by atoms with Gasteiger partial charge in [0.05, 0.1) is 38.2 Å². The number of aromatic nitrogens is 8. The minimum absolute atomic E-state index is 0.178. The van der Waals surface area contributed by atoms with Gasteiger partial charge in [-0.3, -0.25) is 9.88 Å².